The first-order chi connectivity index (χ1) is 18.5. The Balaban J connectivity index is 1.39. The van der Waals surface area contributed by atoms with Crippen molar-refractivity contribution in [2.24, 2.45) is 0 Å². The first-order valence-electron chi connectivity index (χ1n) is 12.4. The van der Waals surface area contributed by atoms with E-state index in [1.807, 2.05) is 91.9 Å². The lowest BCUT2D eigenvalue weighted by molar-refractivity contribution is -0.137. The number of aromatic nitrogens is 2. The van der Waals surface area contributed by atoms with Crippen molar-refractivity contribution in [3.05, 3.63) is 114 Å². The van der Waals surface area contributed by atoms with Gasteiger partial charge in [0.25, 0.3) is 0 Å². The van der Waals surface area contributed by atoms with Crippen molar-refractivity contribution in [2.75, 3.05) is 5.32 Å². The zero-order valence-corrected chi connectivity index (χ0v) is 21.1. The van der Waals surface area contributed by atoms with Crippen LogP contribution < -0.4 is 10.6 Å². The van der Waals surface area contributed by atoms with Crippen LogP contribution in [-0.2, 0) is 22.5 Å². The van der Waals surface area contributed by atoms with E-state index in [9.17, 15) is 14.7 Å². The number of rotatable bonds is 11. The summed E-state index contributed by atoms with van der Waals surface area (Å²) < 4.78 is 5.52. The van der Waals surface area contributed by atoms with Crippen LogP contribution in [0.4, 0.5) is 10.5 Å². The van der Waals surface area contributed by atoms with E-state index in [0.29, 0.717) is 24.3 Å². The molecular weight excluding hydrogens is 480 g/mol. The molecule has 1 amide bonds. The van der Waals surface area contributed by atoms with Gasteiger partial charge < -0.3 is 15.2 Å². The van der Waals surface area contributed by atoms with E-state index in [1.165, 1.54) is 12.5 Å². The van der Waals surface area contributed by atoms with Crippen LogP contribution >= 0.6 is 0 Å². The van der Waals surface area contributed by atoms with Gasteiger partial charge in [-0.25, -0.2) is 14.8 Å². The average molecular weight is 511 g/mol. The molecule has 3 N–H and O–H groups in total. The molecule has 0 aliphatic rings. The van der Waals surface area contributed by atoms with Gasteiger partial charge in [-0.3, -0.25) is 10.1 Å². The molecule has 0 radical (unpaired) electrons. The predicted molar refractivity (Wildman–Crippen MR) is 145 cm³/mol. The number of carbonyl (C=O) groups excluding carboxylic acids is 1. The first-order valence-corrected chi connectivity index (χ1v) is 12.4. The molecule has 3 aromatic carbocycles. The summed E-state index contributed by atoms with van der Waals surface area (Å²) in [7, 11) is 0. The minimum Gasteiger partial charge on any atom is -0.481 e. The first kappa shape index (κ1) is 26.5. The quantitative estimate of drug-likeness (QED) is 0.240. The number of benzene rings is 3. The van der Waals surface area contributed by atoms with E-state index >= 15 is 0 Å². The van der Waals surface area contributed by atoms with Crippen molar-refractivity contribution >= 4 is 17.7 Å². The lowest BCUT2D eigenvalue weighted by Crippen LogP contribution is -2.33. The normalized spacial score (nSPS) is 12.3. The summed E-state index contributed by atoms with van der Waals surface area (Å²) in [5.74, 6) is -0.839. The number of anilines is 1. The van der Waals surface area contributed by atoms with Gasteiger partial charge in [0.05, 0.1) is 24.0 Å². The van der Waals surface area contributed by atoms with Gasteiger partial charge in [0.1, 0.15) is 12.4 Å². The number of hydrogen-bond acceptors (Lipinski definition) is 6. The number of aliphatic carboxylic acids is 1. The molecule has 38 heavy (non-hydrogen) atoms. The van der Waals surface area contributed by atoms with Crippen LogP contribution in [0, 0.1) is 0 Å². The lowest BCUT2D eigenvalue weighted by atomic mass is 10.0. The molecule has 4 aromatic rings. The Hall–Kier alpha value is -4.56. The zero-order chi connectivity index (χ0) is 26.7. The van der Waals surface area contributed by atoms with Gasteiger partial charge in [-0.05, 0) is 30.0 Å². The maximum Gasteiger partial charge on any atom is 0.412 e. The highest BCUT2D eigenvalue weighted by atomic mass is 16.6. The Morgan fingerprint density at radius 3 is 2.29 bits per heavy atom. The third-order valence-electron chi connectivity index (χ3n) is 6.07. The zero-order valence-electron chi connectivity index (χ0n) is 21.1. The SMILES string of the molecule is CC(OC(=O)Nc1cncnc1-c1ccc(CNC(CC(=O)O)Cc2ccccc2)cc1)c1ccccc1. The Bertz CT molecular complexity index is 1330. The standard InChI is InChI=1S/C30H30N4O4/c1-21(24-10-6-3-7-11-24)38-30(37)34-27-19-31-20-33-29(27)25-14-12-23(13-15-25)18-32-26(17-28(35)36)16-22-8-4-2-5-9-22/h2-15,19-21,26,32H,16-18H2,1H3,(H,34,37)(H,35,36). The monoisotopic (exact) mass is 510 g/mol. The van der Waals surface area contributed by atoms with Gasteiger partial charge in [0.2, 0.25) is 0 Å². The number of hydrogen-bond donors (Lipinski definition) is 3. The molecule has 0 spiro atoms. The Morgan fingerprint density at radius 2 is 1.61 bits per heavy atom. The number of amides is 1. The molecule has 1 aromatic heterocycles. The molecule has 0 fully saturated rings. The van der Waals surface area contributed by atoms with Gasteiger partial charge in [-0.15, -0.1) is 0 Å². The summed E-state index contributed by atoms with van der Waals surface area (Å²) in [6.45, 7) is 2.33. The van der Waals surface area contributed by atoms with E-state index < -0.39 is 18.2 Å². The number of carboxylic acids is 1. The molecule has 0 saturated carbocycles. The van der Waals surface area contributed by atoms with Crippen LogP contribution in [0.5, 0.6) is 0 Å². The van der Waals surface area contributed by atoms with Gasteiger partial charge in [-0.2, -0.15) is 0 Å². The van der Waals surface area contributed by atoms with Crippen LogP contribution in [0.15, 0.2) is 97.5 Å². The number of carboxylic acid groups (broad SMARTS) is 1. The average Bonchev–Trinajstić information content (AvgIpc) is 2.93. The van der Waals surface area contributed by atoms with Gasteiger partial charge in [0, 0.05) is 18.2 Å². The molecule has 8 heteroatoms. The second-order valence-electron chi connectivity index (χ2n) is 8.93. The summed E-state index contributed by atoms with van der Waals surface area (Å²) in [5, 5.41) is 15.4. The van der Waals surface area contributed by atoms with Crippen molar-refractivity contribution in [1.82, 2.24) is 15.3 Å². The summed E-state index contributed by atoms with van der Waals surface area (Å²) >= 11 is 0. The number of nitrogens with zero attached hydrogens (tertiary/aromatic N) is 2. The topological polar surface area (TPSA) is 113 Å². The molecule has 1 heterocycles. The van der Waals surface area contributed by atoms with Crippen LogP contribution in [0.25, 0.3) is 11.3 Å². The molecule has 194 valence electrons. The minimum absolute atomic E-state index is 0.0297. The molecule has 2 atom stereocenters. The maximum atomic E-state index is 12.6. The van der Waals surface area contributed by atoms with Crippen molar-refractivity contribution in [1.29, 1.82) is 0 Å². The van der Waals surface area contributed by atoms with Gasteiger partial charge in [-0.1, -0.05) is 84.9 Å². The Kier molecular flexibility index (Phi) is 9.15. The van der Waals surface area contributed by atoms with Gasteiger partial charge in [0.15, 0.2) is 0 Å². The van der Waals surface area contributed by atoms with E-state index in [0.717, 1.165) is 22.3 Å². The summed E-state index contributed by atoms with van der Waals surface area (Å²) in [5.41, 5.74) is 4.78. The third kappa shape index (κ3) is 7.72. The molecule has 8 nitrogen and oxygen atoms in total. The van der Waals surface area contributed by atoms with E-state index in [2.05, 4.69) is 20.6 Å². The highest BCUT2D eigenvalue weighted by molar-refractivity contribution is 5.89. The van der Waals surface area contributed by atoms with Gasteiger partial charge >= 0.3 is 12.1 Å². The van der Waals surface area contributed by atoms with E-state index in [1.54, 1.807) is 0 Å². The fourth-order valence-electron chi connectivity index (χ4n) is 4.11. The minimum atomic E-state index is -0.839. The molecule has 0 aliphatic carbocycles. The summed E-state index contributed by atoms with van der Waals surface area (Å²) in [6.07, 6.45) is 2.60. The highest BCUT2D eigenvalue weighted by Crippen LogP contribution is 2.26. The second kappa shape index (κ2) is 13.1. The smallest absolute Gasteiger partial charge is 0.412 e. The van der Waals surface area contributed by atoms with Crippen LogP contribution in [-0.4, -0.2) is 33.2 Å². The fraction of sp³-hybridized carbons (Fsp3) is 0.200. The fourth-order valence-corrected chi connectivity index (χ4v) is 4.11. The molecule has 4 rings (SSSR count). The molecule has 2 unspecified atom stereocenters. The largest absolute Gasteiger partial charge is 0.481 e. The van der Waals surface area contributed by atoms with E-state index in [4.69, 9.17) is 4.74 Å². The molecule has 0 saturated heterocycles. The lowest BCUT2D eigenvalue weighted by Gasteiger charge is -2.17. The summed E-state index contributed by atoms with van der Waals surface area (Å²) in [6, 6.07) is 26.8. The van der Waals surface area contributed by atoms with Crippen molar-refractivity contribution in [3.8, 4) is 11.3 Å². The van der Waals surface area contributed by atoms with Crippen LogP contribution in [0.3, 0.4) is 0 Å². The third-order valence-corrected chi connectivity index (χ3v) is 6.07. The second-order valence-corrected chi connectivity index (χ2v) is 8.93. The highest BCUT2D eigenvalue weighted by Gasteiger charge is 2.16. The predicted octanol–water partition coefficient (Wildman–Crippen LogP) is 5.63. The number of ether oxygens (including phenoxy) is 1. The molecule has 0 bridgehead atoms. The molecule has 0 aliphatic heterocycles. The van der Waals surface area contributed by atoms with Crippen molar-refractivity contribution in [2.45, 2.75) is 38.5 Å². The van der Waals surface area contributed by atoms with Crippen LogP contribution in [0.1, 0.15) is 36.1 Å². The Labute approximate surface area is 221 Å². The number of nitrogens with one attached hydrogen (secondary N) is 2. The Morgan fingerprint density at radius 1 is 0.921 bits per heavy atom. The van der Waals surface area contributed by atoms with E-state index in [-0.39, 0.29) is 12.5 Å². The summed E-state index contributed by atoms with van der Waals surface area (Å²) in [4.78, 5) is 32.3. The number of carbonyl (C=O) groups is 2. The molecular formula is C30H30N4O4. The maximum absolute atomic E-state index is 12.6. The van der Waals surface area contributed by atoms with Crippen LogP contribution in [0.2, 0.25) is 0 Å². The van der Waals surface area contributed by atoms with Crippen molar-refractivity contribution < 1.29 is 19.4 Å². The van der Waals surface area contributed by atoms with Crippen molar-refractivity contribution in [3.63, 3.8) is 0 Å².